The first-order valence-corrected chi connectivity index (χ1v) is 8.30. The van der Waals surface area contributed by atoms with Crippen molar-refractivity contribution in [3.8, 4) is 5.75 Å². The van der Waals surface area contributed by atoms with Gasteiger partial charge in [0.25, 0.3) is 0 Å². The highest BCUT2D eigenvalue weighted by Gasteiger charge is 2.21. The lowest BCUT2D eigenvalue weighted by atomic mass is 10.1. The Morgan fingerprint density at radius 1 is 1.20 bits per heavy atom. The number of methoxy groups -OCH3 is 1. The fraction of sp³-hybridized carbons (Fsp3) is 0.350. The van der Waals surface area contributed by atoms with Gasteiger partial charge >= 0.3 is 0 Å². The molecule has 0 aromatic heterocycles. The summed E-state index contributed by atoms with van der Waals surface area (Å²) in [7, 11) is 3.46. The summed E-state index contributed by atoms with van der Waals surface area (Å²) < 4.78 is 18.6. The van der Waals surface area contributed by atoms with E-state index in [9.17, 15) is 9.18 Å². The van der Waals surface area contributed by atoms with Crippen LogP contribution >= 0.6 is 0 Å². The number of nitrogens with one attached hydrogen (secondary N) is 1. The number of ether oxygens (including phenoxy) is 1. The lowest BCUT2D eigenvalue weighted by Gasteiger charge is -2.26. The quantitative estimate of drug-likeness (QED) is 0.835. The summed E-state index contributed by atoms with van der Waals surface area (Å²) >= 11 is 0. The molecular formula is C20H25FN2O2. The number of benzene rings is 2. The fourth-order valence-corrected chi connectivity index (χ4v) is 2.70. The minimum Gasteiger partial charge on any atom is -0.496 e. The highest BCUT2D eigenvalue weighted by Crippen LogP contribution is 2.24. The maximum Gasteiger partial charge on any atom is 0.237 e. The zero-order chi connectivity index (χ0) is 18.4. The van der Waals surface area contributed by atoms with Crippen molar-refractivity contribution in [2.45, 2.75) is 32.5 Å². The summed E-state index contributed by atoms with van der Waals surface area (Å²) in [6.45, 7) is 4.26. The number of hydrogen-bond donors (Lipinski definition) is 1. The lowest BCUT2D eigenvalue weighted by molar-refractivity contribution is -0.126. The number of para-hydroxylation sites is 1. The van der Waals surface area contributed by atoms with E-state index in [4.69, 9.17) is 4.74 Å². The van der Waals surface area contributed by atoms with Crippen LogP contribution in [0.4, 0.5) is 4.39 Å². The molecule has 2 unspecified atom stereocenters. The van der Waals surface area contributed by atoms with Gasteiger partial charge in [-0.15, -0.1) is 0 Å². The topological polar surface area (TPSA) is 41.6 Å². The van der Waals surface area contributed by atoms with Crippen molar-refractivity contribution < 1.29 is 13.9 Å². The van der Waals surface area contributed by atoms with E-state index in [1.54, 1.807) is 13.2 Å². The predicted octanol–water partition coefficient (Wildman–Crippen LogP) is 3.53. The van der Waals surface area contributed by atoms with E-state index in [1.165, 1.54) is 12.1 Å². The van der Waals surface area contributed by atoms with Crippen LogP contribution in [0.5, 0.6) is 5.75 Å². The van der Waals surface area contributed by atoms with Crippen molar-refractivity contribution >= 4 is 5.91 Å². The number of hydrogen-bond acceptors (Lipinski definition) is 3. The molecule has 0 heterocycles. The molecule has 5 heteroatoms. The Balaban J connectivity index is 1.99. The zero-order valence-corrected chi connectivity index (χ0v) is 15.1. The van der Waals surface area contributed by atoms with E-state index < -0.39 is 0 Å². The van der Waals surface area contributed by atoms with E-state index >= 15 is 0 Å². The largest absolute Gasteiger partial charge is 0.496 e. The Labute approximate surface area is 148 Å². The smallest absolute Gasteiger partial charge is 0.237 e. The van der Waals surface area contributed by atoms with E-state index in [2.05, 4.69) is 5.32 Å². The number of nitrogens with zero attached hydrogens (tertiary/aromatic N) is 1. The SMILES string of the molecule is COc1ccccc1C(C)NC(=O)C(C)N(C)Cc1cccc(F)c1. The van der Waals surface area contributed by atoms with Crippen LogP contribution in [0.2, 0.25) is 0 Å². The van der Waals surface area contributed by atoms with Gasteiger partial charge in [0.2, 0.25) is 5.91 Å². The molecule has 25 heavy (non-hydrogen) atoms. The van der Waals surface area contributed by atoms with Crippen LogP contribution in [0.15, 0.2) is 48.5 Å². The third-order valence-corrected chi connectivity index (χ3v) is 4.33. The van der Waals surface area contributed by atoms with Gasteiger partial charge in [0, 0.05) is 12.1 Å². The summed E-state index contributed by atoms with van der Waals surface area (Å²) in [4.78, 5) is 14.4. The molecule has 2 rings (SSSR count). The third kappa shape index (κ3) is 5.03. The van der Waals surface area contributed by atoms with Crippen molar-refractivity contribution in [1.29, 1.82) is 0 Å². The Morgan fingerprint density at radius 3 is 2.60 bits per heavy atom. The first-order chi connectivity index (χ1) is 11.9. The summed E-state index contributed by atoms with van der Waals surface area (Å²) in [5.41, 5.74) is 1.76. The number of carbonyl (C=O) groups is 1. The molecule has 0 saturated carbocycles. The number of rotatable bonds is 7. The van der Waals surface area contributed by atoms with Crippen LogP contribution in [-0.2, 0) is 11.3 Å². The van der Waals surface area contributed by atoms with Crippen LogP contribution in [0.25, 0.3) is 0 Å². The van der Waals surface area contributed by atoms with Gasteiger partial charge in [-0.2, -0.15) is 0 Å². The summed E-state index contributed by atoms with van der Waals surface area (Å²) in [5, 5.41) is 3.01. The van der Waals surface area contributed by atoms with Gasteiger partial charge in [-0.3, -0.25) is 9.69 Å². The first kappa shape index (κ1) is 18.9. The van der Waals surface area contributed by atoms with Crippen molar-refractivity contribution in [1.82, 2.24) is 10.2 Å². The predicted molar refractivity (Wildman–Crippen MR) is 96.9 cm³/mol. The van der Waals surface area contributed by atoms with Crippen molar-refractivity contribution in [2.75, 3.05) is 14.2 Å². The Kier molecular flexibility index (Phi) is 6.53. The molecule has 4 nitrogen and oxygen atoms in total. The van der Waals surface area contributed by atoms with Crippen LogP contribution in [-0.4, -0.2) is 31.0 Å². The molecule has 0 fully saturated rings. The second-order valence-electron chi connectivity index (χ2n) is 6.19. The molecule has 0 saturated heterocycles. The zero-order valence-electron chi connectivity index (χ0n) is 15.1. The third-order valence-electron chi connectivity index (χ3n) is 4.33. The summed E-state index contributed by atoms with van der Waals surface area (Å²) in [5.74, 6) is 0.390. The molecule has 2 aromatic carbocycles. The minimum absolute atomic E-state index is 0.0858. The molecule has 134 valence electrons. The lowest BCUT2D eigenvalue weighted by Crippen LogP contribution is -2.43. The minimum atomic E-state index is -0.347. The number of carbonyl (C=O) groups excluding carboxylic acids is 1. The van der Waals surface area contributed by atoms with Crippen LogP contribution in [0.3, 0.4) is 0 Å². The monoisotopic (exact) mass is 344 g/mol. The molecule has 0 aliphatic heterocycles. The van der Waals surface area contributed by atoms with Gasteiger partial charge in [-0.1, -0.05) is 30.3 Å². The first-order valence-electron chi connectivity index (χ1n) is 8.30. The Morgan fingerprint density at radius 2 is 1.92 bits per heavy atom. The van der Waals surface area contributed by atoms with Crippen LogP contribution in [0, 0.1) is 5.82 Å². The van der Waals surface area contributed by atoms with Gasteiger partial charge in [0.15, 0.2) is 0 Å². The van der Waals surface area contributed by atoms with Crippen LogP contribution in [0.1, 0.15) is 31.0 Å². The van der Waals surface area contributed by atoms with Gasteiger partial charge in [0.05, 0.1) is 19.2 Å². The molecule has 0 aliphatic carbocycles. The highest BCUT2D eigenvalue weighted by atomic mass is 19.1. The average molecular weight is 344 g/mol. The fourth-order valence-electron chi connectivity index (χ4n) is 2.70. The Hall–Kier alpha value is -2.40. The number of amides is 1. The van der Waals surface area contributed by atoms with E-state index in [1.807, 2.05) is 56.1 Å². The molecule has 2 atom stereocenters. The van der Waals surface area contributed by atoms with Gasteiger partial charge in [0.1, 0.15) is 11.6 Å². The summed E-state index contributed by atoms with van der Waals surface area (Å²) in [6.07, 6.45) is 0. The Bertz CT molecular complexity index is 720. The van der Waals surface area contributed by atoms with Crippen molar-refractivity contribution in [3.63, 3.8) is 0 Å². The van der Waals surface area contributed by atoms with Crippen molar-refractivity contribution in [3.05, 3.63) is 65.5 Å². The summed E-state index contributed by atoms with van der Waals surface area (Å²) in [6, 6.07) is 13.5. The van der Waals surface area contributed by atoms with E-state index in [0.717, 1.165) is 16.9 Å². The molecule has 1 N–H and O–H groups in total. The van der Waals surface area contributed by atoms with Crippen LogP contribution < -0.4 is 10.1 Å². The van der Waals surface area contributed by atoms with Gasteiger partial charge < -0.3 is 10.1 Å². The van der Waals surface area contributed by atoms with Gasteiger partial charge in [-0.05, 0) is 44.7 Å². The maximum atomic E-state index is 13.3. The molecular weight excluding hydrogens is 319 g/mol. The van der Waals surface area contributed by atoms with E-state index in [-0.39, 0.29) is 23.8 Å². The molecule has 0 spiro atoms. The second-order valence-corrected chi connectivity index (χ2v) is 6.19. The average Bonchev–Trinajstić information content (AvgIpc) is 2.60. The molecule has 0 aliphatic rings. The van der Waals surface area contributed by atoms with Crippen molar-refractivity contribution in [2.24, 2.45) is 0 Å². The van der Waals surface area contributed by atoms with E-state index in [0.29, 0.717) is 6.54 Å². The standard InChI is InChI=1S/C20H25FN2O2/c1-14(18-10-5-6-11-19(18)25-4)22-20(24)15(2)23(3)13-16-8-7-9-17(21)12-16/h5-12,14-15H,13H2,1-4H3,(H,22,24). The highest BCUT2D eigenvalue weighted by molar-refractivity contribution is 5.81. The number of likely N-dealkylation sites (N-methyl/N-ethyl adjacent to an activating group) is 1. The molecule has 1 amide bonds. The molecule has 0 radical (unpaired) electrons. The molecule has 0 bridgehead atoms. The van der Waals surface area contributed by atoms with Gasteiger partial charge in [-0.25, -0.2) is 4.39 Å². The number of halogens is 1. The normalized spacial score (nSPS) is 13.4. The molecule has 2 aromatic rings. The second kappa shape index (κ2) is 8.62. The maximum absolute atomic E-state index is 13.3.